The molecule has 4 nitrogen and oxygen atoms in total. The molecule has 1 N–H and O–H groups in total. The Morgan fingerprint density at radius 3 is 1.96 bits per heavy atom. The van der Waals surface area contributed by atoms with Crippen LogP contribution >= 0.6 is 0 Å². The molecule has 0 saturated carbocycles. The molecule has 136 valence electrons. The van der Waals surface area contributed by atoms with E-state index in [4.69, 9.17) is 14.2 Å². The lowest BCUT2D eigenvalue weighted by molar-refractivity contribution is -0.162. The second kappa shape index (κ2) is 11.0. The molecule has 2 aromatic carbocycles. The number of aliphatic hydroxyl groups excluding tert-OH is 1. The first-order valence-electron chi connectivity index (χ1n) is 8.64. The molecule has 0 aliphatic rings. The fourth-order valence-corrected chi connectivity index (χ4v) is 2.93. The smallest absolute Gasteiger partial charge is 0.162 e. The molecular formula is C21H28O4. The summed E-state index contributed by atoms with van der Waals surface area (Å²) in [5, 5.41) is 10.7. The van der Waals surface area contributed by atoms with Gasteiger partial charge in [-0.15, -0.1) is 0 Å². The van der Waals surface area contributed by atoms with Crippen molar-refractivity contribution in [3.8, 4) is 0 Å². The Balaban J connectivity index is 1.87. The van der Waals surface area contributed by atoms with Gasteiger partial charge in [-0.25, -0.2) is 0 Å². The Bertz CT molecular complexity index is 569. The summed E-state index contributed by atoms with van der Waals surface area (Å²) < 4.78 is 16.5. The van der Waals surface area contributed by atoms with E-state index in [0.717, 1.165) is 11.1 Å². The summed E-state index contributed by atoms with van der Waals surface area (Å²) in [5.41, 5.74) is 2.28. The lowest BCUT2D eigenvalue weighted by Crippen LogP contribution is -2.36. The Kier molecular flexibility index (Phi) is 8.63. The van der Waals surface area contributed by atoms with Gasteiger partial charge in [0.1, 0.15) is 0 Å². The molecule has 0 heterocycles. The average Bonchev–Trinajstić information content (AvgIpc) is 2.67. The lowest BCUT2D eigenvalue weighted by Gasteiger charge is -2.29. The van der Waals surface area contributed by atoms with Crippen molar-refractivity contribution in [2.24, 2.45) is 5.92 Å². The van der Waals surface area contributed by atoms with E-state index in [-0.39, 0.29) is 5.92 Å². The van der Waals surface area contributed by atoms with Crippen LogP contribution in [-0.4, -0.2) is 38.3 Å². The molecule has 2 aromatic rings. The molecule has 0 saturated heterocycles. The van der Waals surface area contributed by atoms with Crippen LogP contribution in [0.2, 0.25) is 0 Å². The van der Waals surface area contributed by atoms with Crippen LogP contribution in [0.15, 0.2) is 60.7 Å². The number of aliphatic hydroxyl groups is 1. The maximum absolute atomic E-state index is 10.7. The molecule has 0 aliphatic heterocycles. The number of hydrogen-bond acceptors (Lipinski definition) is 4. The SMILES string of the molecule is COC(OC)[C@H](Cc1ccccc1)[C@@H](O)CCOCc1ccccc1. The first kappa shape index (κ1) is 19.6. The summed E-state index contributed by atoms with van der Waals surface area (Å²) >= 11 is 0. The third-order valence-corrected chi connectivity index (χ3v) is 4.29. The highest BCUT2D eigenvalue weighted by Crippen LogP contribution is 2.21. The van der Waals surface area contributed by atoms with E-state index < -0.39 is 12.4 Å². The summed E-state index contributed by atoms with van der Waals surface area (Å²) in [6.07, 6.45) is 0.200. The van der Waals surface area contributed by atoms with Crippen molar-refractivity contribution in [3.05, 3.63) is 71.8 Å². The highest BCUT2D eigenvalue weighted by Gasteiger charge is 2.28. The number of benzene rings is 2. The van der Waals surface area contributed by atoms with Crippen LogP contribution in [0.3, 0.4) is 0 Å². The van der Waals surface area contributed by atoms with Crippen molar-refractivity contribution >= 4 is 0 Å². The van der Waals surface area contributed by atoms with Gasteiger partial charge in [-0.2, -0.15) is 0 Å². The minimum Gasteiger partial charge on any atom is -0.393 e. The average molecular weight is 344 g/mol. The molecule has 0 amide bonds. The van der Waals surface area contributed by atoms with Crippen molar-refractivity contribution < 1.29 is 19.3 Å². The highest BCUT2D eigenvalue weighted by molar-refractivity contribution is 5.16. The van der Waals surface area contributed by atoms with Crippen LogP contribution in [0.5, 0.6) is 0 Å². The lowest BCUT2D eigenvalue weighted by atomic mass is 9.91. The molecule has 4 heteroatoms. The third-order valence-electron chi connectivity index (χ3n) is 4.29. The first-order valence-corrected chi connectivity index (χ1v) is 8.64. The number of methoxy groups -OCH3 is 2. The van der Waals surface area contributed by atoms with Crippen LogP contribution < -0.4 is 0 Å². The minimum atomic E-state index is -0.569. The first-order chi connectivity index (χ1) is 12.2. The molecule has 0 aromatic heterocycles. The van der Waals surface area contributed by atoms with E-state index in [1.165, 1.54) is 0 Å². The van der Waals surface area contributed by atoms with Crippen LogP contribution in [0.1, 0.15) is 17.5 Å². The van der Waals surface area contributed by atoms with Crippen molar-refractivity contribution in [2.75, 3.05) is 20.8 Å². The maximum Gasteiger partial charge on any atom is 0.162 e. The zero-order valence-corrected chi connectivity index (χ0v) is 15.0. The van der Waals surface area contributed by atoms with E-state index in [0.29, 0.717) is 26.1 Å². The van der Waals surface area contributed by atoms with E-state index in [1.807, 2.05) is 60.7 Å². The van der Waals surface area contributed by atoms with Crippen LogP contribution in [0, 0.1) is 5.92 Å². The van der Waals surface area contributed by atoms with Gasteiger partial charge >= 0.3 is 0 Å². The van der Waals surface area contributed by atoms with Crippen molar-refractivity contribution in [3.63, 3.8) is 0 Å². The van der Waals surface area contributed by atoms with Gasteiger partial charge in [-0.1, -0.05) is 60.7 Å². The zero-order chi connectivity index (χ0) is 17.9. The number of ether oxygens (including phenoxy) is 3. The van der Waals surface area contributed by atoms with E-state index in [1.54, 1.807) is 14.2 Å². The van der Waals surface area contributed by atoms with Gasteiger partial charge in [0, 0.05) is 26.7 Å². The fraction of sp³-hybridized carbons (Fsp3) is 0.429. The van der Waals surface area contributed by atoms with Gasteiger partial charge in [0.25, 0.3) is 0 Å². The van der Waals surface area contributed by atoms with Gasteiger partial charge in [-0.05, 0) is 24.0 Å². The quantitative estimate of drug-likeness (QED) is 0.501. The Morgan fingerprint density at radius 2 is 1.40 bits per heavy atom. The van der Waals surface area contributed by atoms with Crippen molar-refractivity contribution in [1.82, 2.24) is 0 Å². The predicted molar refractivity (Wildman–Crippen MR) is 98.2 cm³/mol. The predicted octanol–water partition coefficient (Wildman–Crippen LogP) is 3.43. The normalized spacial score (nSPS) is 13.8. The second-order valence-corrected chi connectivity index (χ2v) is 6.09. The molecule has 0 fully saturated rings. The fourth-order valence-electron chi connectivity index (χ4n) is 2.93. The van der Waals surface area contributed by atoms with Crippen molar-refractivity contribution in [2.45, 2.75) is 31.8 Å². The number of rotatable bonds is 11. The summed E-state index contributed by atoms with van der Waals surface area (Å²) in [7, 11) is 3.20. The molecule has 0 aliphatic carbocycles. The molecule has 2 rings (SSSR count). The third kappa shape index (κ3) is 6.59. The largest absolute Gasteiger partial charge is 0.393 e. The molecule has 0 bridgehead atoms. The van der Waals surface area contributed by atoms with Gasteiger partial charge in [0.2, 0.25) is 0 Å². The van der Waals surface area contributed by atoms with Gasteiger partial charge in [0.05, 0.1) is 12.7 Å². The van der Waals surface area contributed by atoms with Crippen LogP contribution in [0.4, 0.5) is 0 Å². The summed E-state index contributed by atoms with van der Waals surface area (Å²) in [6.45, 7) is 1.04. The summed E-state index contributed by atoms with van der Waals surface area (Å²) in [5.74, 6) is -0.155. The van der Waals surface area contributed by atoms with Crippen molar-refractivity contribution in [1.29, 1.82) is 0 Å². The zero-order valence-electron chi connectivity index (χ0n) is 15.0. The molecular weight excluding hydrogens is 316 g/mol. The minimum absolute atomic E-state index is 0.155. The summed E-state index contributed by atoms with van der Waals surface area (Å²) in [4.78, 5) is 0. The maximum atomic E-state index is 10.7. The second-order valence-electron chi connectivity index (χ2n) is 6.09. The topological polar surface area (TPSA) is 47.9 Å². The van der Waals surface area contributed by atoms with Crippen LogP contribution in [-0.2, 0) is 27.2 Å². The standard InChI is InChI=1S/C21H28O4/c1-23-21(24-2)19(15-17-9-5-3-6-10-17)20(22)13-14-25-16-18-11-7-4-8-12-18/h3-12,19-22H,13-16H2,1-2H3/t19-,20+/m1/s1. The van der Waals surface area contributed by atoms with Gasteiger partial charge in [-0.3, -0.25) is 0 Å². The number of hydrogen-bond donors (Lipinski definition) is 1. The Labute approximate surface area is 150 Å². The Morgan fingerprint density at radius 1 is 0.840 bits per heavy atom. The van der Waals surface area contributed by atoms with E-state index in [9.17, 15) is 5.11 Å². The Hall–Kier alpha value is -1.72. The highest BCUT2D eigenvalue weighted by atomic mass is 16.7. The molecule has 0 unspecified atom stereocenters. The van der Waals surface area contributed by atoms with E-state index >= 15 is 0 Å². The van der Waals surface area contributed by atoms with E-state index in [2.05, 4.69) is 0 Å². The molecule has 0 spiro atoms. The molecule has 2 atom stereocenters. The van der Waals surface area contributed by atoms with Crippen LogP contribution in [0.25, 0.3) is 0 Å². The monoisotopic (exact) mass is 344 g/mol. The molecule has 25 heavy (non-hydrogen) atoms. The summed E-state index contributed by atoms with van der Waals surface area (Å²) in [6, 6.07) is 20.1. The molecule has 0 radical (unpaired) electrons. The van der Waals surface area contributed by atoms with Gasteiger partial charge in [0.15, 0.2) is 6.29 Å². The van der Waals surface area contributed by atoms with Gasteiger partial charge < -0.3 is 19.3 Å².